The SMILES string of the molecule is O=S(=O)(c1cccc(F)c1)N1CCC2(CC1)CC(CCOCC1CC1)CCO2. The summed E-state index contributed by atoms with van der Waals surface area (Å²) in [6, 6.07) is 5.24. The highest BCUT2D eigenvalue weighted by molar-refractivity contribution is 7.89. The van der Waals surface area contributed by atoms with E-state index in [1.54, 1.807) is 0 Å². The van der Waals surface area contributed by atoms with Crippen molar-refractivity contribution in [1.82, 2.24) is 4.31 Å². The third kappa shape index (κ3) is 4.75. The van der Waals surface area contributed by atoms with E-state index in [0.29, 0.717) is 31.8 Å². The van der Waals surface area contributed by atoms with Crippen molar-refractivity contribution in [2.24, 2.45) is 11.8 Å². The second-order valence-electron chi connectivity index (χ2n) is 8.56. The number of piperidine rings is 1. The fourth-order valence-electron chi connectivity index (χ4n) is 4.42. The minimum absolute atomic E-state index is 0.0266. The van der Waals surface area contributed by atoms with Gasteiger partial charge in [0.2, 0.25) is 10.0 Å². The first kappa shape index (κ1) is 20.3. The summed E-state index contributed by atoms with van der Waals surface area (Å²) >= 11 is 0. The van der Waals surface area contributed by atoms with E-state index in [9.17, 15) is 12.8 Å². The van der Waals surface area contributed by atoms with Crippen molar-refractivity contribution in [2.75, 3.05) is 32.9 Å². The fourth-order valence-corrected chi connectivity index (χ4v) is 5.89. The van der Waals surface area contributed by atoms with E-state index < -0.39 is 15.8 Å². The molecule has 5 nitrogen and oxygen atoms in total. The molecule has 1 aromatic rings. The summed E-state index contributed by atoms with van der Waals surface area (Å²) in [5, 5.41) is 0. The summed E-state index contributed by atoms with van der Waals surface area (Å²) in [4.78, 5) is 0.0266. The minimum Gasteiger partial charge on any atom is -0.381 e. The number of rotatable bonds is 7. The van der Waals surface area contributed by atoms with E-state index >= 15 is 0 Å². The zero-order valence-electron chi connectivity index (χ0n) is 16.3. The molecule has 1 aromatic carbocycles. The van der Waals surface area contributed by atoms with Crippen LogP contribution in [0.5, 0.6) is 0 Å². The lowest BCUT2D eigenvalue weighted by Gasteiger charge is -2.46. The van der Waals surface area contributed by atoms with Crippen LogP contribution in [0.2, 0.25) is 0 Å². The summed E-state index contributed by atoms with van der Waals surface area (Å²) in [6.45, 7) is 3.30. The lowest BCUT2D eigenvalue weighted by molar-refractivity contribution is -0.123. The Balaban J connectivity index is 1.30. The Bertz CT molecular complexity index is 772. The molecule has 1 spiro atoms. The van der Waals surface area contributed by atoms with Gasteiger partial charge in [-0.2, -0.15) is 4.31 Å². The summed E-state index contributed by atoms with van der Waals surface area (Å²) in [6.07, 6.45) is 7.11. The third-order valence-corrected chi connectivity index (χ3v) is 8.28. The molecule has 1 unspecified atom stereocenters. The van der Waals surface area contributed by atoms with Gasteiger partial charge in [-0.3, -0.25) is 0 Å². The summed E-state index contributed by atoms with van der Waals surface area (Å²) in [7, 11) is -3.66. The van der Waals surface area contributed by atoms with Gasteiger partial charge in [-0.25, -0.2) is 12.8 Å². The summed E-state index contributed by atoms with van der Waals surface area (Å²) in [5.41, 5.74) is -0.215. The van der Waals surface area contributed by atoms with Crippen LogP contribution < -0.4 is 0 Å². The van der Waals surface area contributed by atoms with Crippen molar-refractivity contribution < 1.29 is 22.3 Å². The van der Waals surface area contributed by atoms with E-state index in [1.807, 2.05) is 0 Å². The van der Waals surface area contributed by atoms with Crippen molar-refractivity contribution in [3.63, 3.8) is 0 Å². The molecule has 7 heteroatoms. The van der Waals surface area contributed by atoms with Gasteiger partial charge in [-0.15, -0.1) is 0 Å². The highest BCUT2D eigenvalue weighted by Gasteiger charge is 2.42. The quantitative estimate of drug-likeness (QED) is 0.644. The molecule has 2 aliphatic heterocycles. The van der Waals surface area contributed by atoms with Gasteiger partial charge in [0.15, 0.2) is 0 Å². The Morgan fingerprint density at radius 2 is 1.96 bits per heavy atom. The Morgan fingerprint density at radius 1 is 1.18 bits per heavy atom. The highest BCUT2D eigenvalue weighted by Crippen LogP contribution is 2.40. The third-order valence-electron chi connectivity index (χ3n) is 6.38. The molecule has 28 heavy (non-hydrogen) atoms. The second-order valence-corrected chi connectivity index (χ2v) is 10.5. The van der Waals surface area contributed by atoms with Gasteiger partial charge in [0.05, 0.1) is 10.5 Å². The molecule has 3 aliphatic rings. The van der Waals surface area contributed by atoms with Gasteiger partial charge in [-0.1, -0.05) is 6.07 Å². The molecule has 0 aromatic heterocycles. The minimum atomic E-state index is -3.66. The maximum absolute atomic E-state index is 13.5. The van der Waals surface area contributed by atoms with Gasteiger partial charge < -0.3 is 9.47 Å². The number of benzene rings is 1. The normalized spacial score (nSPS) is 25.8. The second kappa shape index (κ2) is 8.38. The van der Waals surface area contributed by atoms with Gasteiger partial charge in [0.25, 0.3) is 0 Å². The van der Waals surface area contributed by atoms with Gasteiger partial charge in [0.1, 0.15) is 5.82 Å². The molecule has 2 heterocycles. The molecule has 0 bridgehead atoms. The molecule has 1 atom stereocenters. The standard InChI is InChI=1S/C21H30FNO4S/c22-19-2-1-3-20(14-19)28(24,25)23-10-8-21(9-11-23)15-17(7-13-27-21)6-12-26-16-18-4-5-18/h1-3,14,17-18H,4-13,15-16H2. The lowest BCUT2D eigenvalue weighted by atomic mass is 9.79. The van der Waals surface area contributed by atoms with Gasteiger partial charge in [-0.05, 0) is 75.0 Å². The average Bonchev–Trinajstić information content (AvgIpc) is 3.50. The van der Waals surface area contributed by atoms with Gasteiger partial charge in [0, 0.05) is 32.9 Å². The van der Waals surface area contributed by atoms with Crippen LogP contribution in [0.3, 0.4) is 0 Å². The van der Waals surface area contributed by atoms with Crippen molar-refractivity contribution in [3.8, 4) is 0 Å². The molecular weight excluding hydrogens is 381 g/mol. The Hall–Kier alpha value is -1.02. The van der Waals surface area contributed by atoms with E-state index in [-0.39, 0.29) is 10.5 Å². The Labute approximate surface area is 167 Å². The number of halogens is 1. The molecule has 2 saturated heterocycles. The van der Waals surface area contributed by atoms with Crippen LogP contribution >= 0.6 is 0 Å². The molecule has 0 amide bonds. The van der Waals surface area contributed by atoms with Crippen LogP contribution in [-0.4, -0.2) is 51.2 Å². The number of hydrogen-bond donors (Lipinski definition) is 0. The van der Waals surface area contributed by atoms with E-state index in [2.05, 4.69) is 0 Å². The monoisotopic (exact) mass is 411 g/mol. The highest BCUT2D eigenvalue weighted by atomic mass is 32.2. The van der Waals surface area contributed by atoms with Crippen LogP contribution in [0, 0.1) is 17.7 Å². The smallest absolute Gasteiger partial charge is 0.243 e. The van der Waals surface area contributed by atoms with Crippen molar-refractivity contribution in [1.29, 1.82) is 0 Å². The zero-order chi connectivity index (χ0) is 19.6. The summed E-state index contributed by atoms with van der Waals surface area (Å²) < 4.78 is 52.5. The predicted octanol–water partition coefficient (Wildman–Crippen LogP) is 3.59. The Morgan fingerprint density at radius 3 is 2.68 bits per heavy atom. The zero-order valence-corrected chi connectivity index (χ0v) is 17.1. The molecule has 4 rings (SSSR count). The van der Waals surface area contributed by atoms with Gasteiger partial charge >= 0.3 is 0 Å². The molecule has 156 valence electrons. The summed E-state index contributed by atoms with van der Waals surface area (Å²) in [5.74, 6) is 0.849. The molecule has 1 saturated carbocycles. The maximum atomic E-state index is 13.5. The number of ether oxygens (including phenoxy) is 2. The lowest BCUT2D eigenvalue weighted by Crippen LogP contribution is -2.50. The average molecular weight is 412 g/mol. The molecule has 3 fully saturated rings. The van der Waals surface area contributed by atoms with E-state index in [0.717, 1.165) is 51.1 Å². The maximum Gasteiger partial charge on any atom is 0.243 e. The first-order valence-corrected chi connectivity index (χ1v) is 11.9. The number of hydrogen-bond acceptors (Lipinski definition) is 4. The Kier molecular flexibility index (Phi) is 6.06. The number of nitrogens with zero attached hydrogens (tertiary/aromatic N) is 1. The largest absolute Gasteiger partial charge is 0.381 e. The van der Waals surface area contributed by atoms with Crippen LogP contribution in [0.15, 0.2) is 29.2 Å². The van der Waals surface area contributed by atoms with Crippen molar-refractivity contribution in [2.45, 2.75) is 55.4 Å². The van der Waals surface area contributed by atoms with Crippen molar-refractivity contribution in [3.05, 3.63) is 30.1 Å². The first-order chi connectivity index (χ1) is 13.5. The van der Waals surface area contributed by atoms with Crippen LogP contribution in [0.1, 0.15) is 44.9 Å². The van der Waals surface area contributed by atoms with Crippen LogP contribution in [0.4, 0.5) is 4.39 Å². The van der Waals surface area contributed by atoms with Crippen LogP contribution in [-0.2, 0) is 19.5 Å². The van der Waals surface area contributed by atoms with Crippen LogP contribution in [0.25, 0.3) is 0 Å². The predicted molar refractivity (Wildman–Crippen MR) is 104 cm³/mol. The van der Waals surface area contributed by atoms with E-state index in [1.165, 1.54) is 35.3 Å². The number of sulfonamides is 1. The van der Waals surface area contributed by atoms with E-state index in [4.69, 9.17) is 9.47 Å². The topological polar surface area (TPSA) is 55.8 Å². The van der Waals surface area contributed by atoms with Crippen molar-refractivity contribution >= 4 is 10.0 Å². The molecular formula is C21H30FNO4S. The molecule has 0 N–H and O–H groups in total. The molecule has 0 radical (unpaired) electrons. The first-order valence-electron chi connectivity index (χ1n) is 10.4. The molecule has 1 aliphatic carbocycles. The fraction of sp³-hybridized carbons (Fsp3) is 0.714.